The van der Waals surface area contributed by atoms with Gasteiger partial charge >= 0.3 is 0 Å². The van der Waals surface area contributed by atoms with Gasteiger partial charge in [0.25, 0.3) is 0 Å². The van der Waals surface area contributed by atoms with Crippen LogP contribution in [0.4, 0.5) is 0 Å². The Labute approximate surface area is 134 Å². The van der Waals surface area contributed by atoms with E-state index in [1.165, 1.54) is 11.1 Å². The molecule has 5 heteroatoms. The minimum absolute atomic E-state index is 0.838. The van der Waals surface area contributed by atoms with Crippen LogP contribution >= 0.6 is 0 Å². The lowest BCUT2D eigenvalue weighted by Gasteiger charge is -2.26. The van der Waals surface area contributed by atoms with Crippen molar-refractivity contribution < 1.29 is 9.47 Å². The van der Waals surface area contributed by atoms with Crippen LogP contribution < -0.4 is 10.1 Å². The Morgan fingerprint density at radius 2 is 2.05 bits per heavy atom. The van der Waals surface area contributed by atoms with E-state index in [9.17, 15) is 0 Å². The van der Waals surface area contributed by atoms with Gasteiger partial charge in [0, 0.05) is 44.8 Å². The lowest BCUT2D eigenvalue weighted by Crippen LogP contribution is -2.35. The van der Waals surface area contributed by atoms with E-state index in [2.05, 4.69) is 47.4 Å². The average Bonchev–Trinajstić information content (AvgIpc) is 2.53. The maximum absolute atomic E-state index is 5.56. The lowest BCUT2D eigenvalue weighted by molar-refractivity contribution is 0.0341. The summed E-state index contributed by atoms with van der Waals surface area (Å²) in [5, 5.41) is 3.46. The largest absolute Gasteiger partial charge is 0.496 e. The molecule has 0 aromatic heterocycles. The van der Waals surface area contributed by atoms with Crippen LogP contribution in [0.2, 0.25) is 0 Å². The van der Waals surface area contributed by atoms with E-state index in [1.807, 2.05) is 0 Å². The number of rotatable bonds is 8. The molecule has 0 saturated carbocycles. The molecule has 0 radical (unpaired) electrons. The van der Waals surface area contributed by atoms with Crippen LogP contribution in [0, 0.1) is 0 Å². The minimum atomic E-state index is 0.838. The predicted octanol–water partition coefficient (Wildman–Crippen LogP) is 1.18. The molecule has 1 heterocycles. The summed E-state index contributed by atoms with van der Waals surface area (Å²) < 4.78 is 11.0. The van der Waals surface area contributed by atoms with Crippen molar-refractivity contribution in [1.82, 2.24) is 15.1 Å². The van der Waals surface area contributed by atoms with Crippen molar-refractivity contribution in [3.63, 3.8) is 0 Å². The van der Waals surface area contributed by atoms with E-state index in [1.54, 1.807) is 7.11 Å². The van der Waals surface area contributed by atoms with E-state index >= 15 is 0 Å². The van der Waals surface area contributed by atoms with Crippen LogP contribution in [0.5, 0.6) is 5.75 Å². The number of nitrogens with one attached hydrogen (secondary N) is 1. The van der Waals surface area contributed by atoms with Gasteiger partial charge in [-0.2, -0.15) is 0 Å². The van der Waals surface area contributed by atoms with Gasteiger partial charge in [0.1, 0.15) is 5.75 Å². The van der Waals surface area contributed by atoms with Gasteiger partial charge in [-0.15, -0.1) is 0 Å². The second-order valence-corrected chi connectivity index (χ2v) is 6.01. The summed E-state index contributed by atoms with van der Waals surface area (Å²) in [5.41, 5.74) is 2.52. The highest BCUT2D eigenvalue weighted by molar-refractivity contribution is 5.37. The molecule has 1 fully saturated rings. The highest BCUT2D eigenvalue weighted by Crippen LogP contribution is 2.21. The standard InChI is InChI=1S/C17H29N3O2/c1-19(2)7-6-18-13-16-5-4-15(12-17(16)21-3)14-20-8-10-22-11-9-20/h4-5,12,18H,6-11,13-14H2,1-3H3. The maximum Gasteiger partial charge on any atom is 0.123 e. The fraction of sp³-hybridized carbons (Fsp3) is 0.647. The second kappa shape index (κ2) is 9.10. The van der Waals surface area contributed by atoms with Crippen LogP contribution in [-0.2, 0) is 17.8 Å². The zero-order valence-corrected chi connectivity index (χ0v) is 14.1. The van der Waals surface area contributed by atoms with Crippen molar-refractivity contribution >= 4 is 0 Å². The molecule has 0 amide bonds. The third-order valence-corrected chi connectivity index (χ3v) is 3.91. The predicted molar refractivity (Wildman–Crippen MR) is 89.4 cm³/mol. The summed E-state index contributed by atoms with van der Waals surface area (Å²) >= 11 is 0. The quantitative estimate of drug-likeness (QED) is 0.730. The molecule has 1 aromatic rings. The van der Waals surface area contributed by atoms with Gasteiger partial charge in [0.15, 0.2) is 0 Å². The van der Waals surface area contributed by atoms with Gasteiger partial charge in [0.2, 0.25) is 0 Å². The van der Waals surface area contributed by atoms with Crippen molar-refractivity contribution in [3.8, 4) is 5.75 Å². The third-order valence-electron chi connectivity index (χ3n) is 3.91. The summed E-state index contributed by atoms with van der Waals surface area (Å²) in [6.45, 7) is 7.52. The fourth-order valence-corrected chi connectivity index (χ4v) is 2.58. The van der Waals surface area contributed by atoms with Crippen LogP contribution in [-0.4, -0.2) is 70.4 Å². The number of morpholine rings is 1. The molecule has 2 rings (SSSR count). The van der Waals surface area contributed by atoms with Crippen molar-refractivity contribution in [1.29, 1.82) is 0 Å². The van der Waals surface area contributed by atoms with Gasteiger partial charge in [-0.05, 0) is 25.7 Å². The Hall–Kier alpha value is -1.14. The summed E-state index contributed by atoms with van der Waals surface area (Å²) in [7, 11) is 5.92. The van der Waals surface area contributed by atoms with Gasteiger partial charge in [-0.25, -0.2) is 0 Å². The number of ether oxygens (including phenoxy) is 2. The molecule has 124 valence electrons. The lowest BCUT2D eigenvalue weighted by atomic mass is 10.1. The van der Waals surface area contributed by atoms with E-state index in [4.69, 9.17) is 9.47 Å². The SMILES string of the molecule is COc1cc(CN2CCOCC2)ccc1CNCCN(C)C. The average molecular weight is 307 g/mol. The van der Waals surface area contributed by atoms with Crippen molar-refractivity contribution in [2.24, 2.45) is 0 Å². The molecule has 22 heavy (non-hydrogen) atoms. The molecule has 0 bridgehead atoms. The Morgan fingerprint density at radius 1 is 1.27 bits per heavy atom. The third kappa shape index (κ3) is 5.57. The van der Waals surface area contributed by atoms with E-state index in [-0.39, 0.29) is 0 Å². The first-order chi connectivity index (χ1) is 10.7. The first-order valence-corrected chi connectivity index (χ1v) is 8.00. The van der Waals surface area contributed by atoms with Gasteiger partial charge in [0.05, 0.1) is 20.3 Å². The molecule has 1 saturated heterocycles. The molecule has 5 nitrogen and oxygen atoms in total. The van der Waals surface area contributed by atoms with Crippen LogP contribution in [0.25, 0.3) is 0 Å². The smallest absolute Gasteiger partial charge is 0.123 e. The molecular formula is C17H29N3O2. The molecule has 1 aromatic carbocycles. The number of likely N-dealkylation sites (N-methyl/N-ethyl adjacent to an activating group) is 1. The van der Waals surface area contributed by atoms with Crippen LogP contribution in [0.3, 0.4) is 0 Å². The van der Waals surface area contributed by atoms with Crippen molar-refractivity contribution in [2.75, 3.05) is 60.6 Å². The zero-order valence-electron chi connectivity index (χ0n) is 14.1. The molecule has 1 aliphatic heterocycles. The molecule has 0 aliphatic carbocycles. The van der Waals surface area contributed by atoms with Gasteiger partial charge < -0.3 is 19.7 Å². The number of hydrogen-bond donors (Lipinski definition) is 1. The van der Waals surface area contributed by atoms with Crippen molar-refractivity contribution in [2.45, 2.75) is 13.1 Å². The first kappa shape index (κ1) is 17.2. The Balaban J connectivity index is 1.88. The Morgan fingerprint density at radius 3 is 2.73 bits per heavy atom. The number of nitrogens with zero attached hydrogens (tertiary/aromatic N) is 2. The highest BCUT2D eigenvalue weighted by Gasteiger charge is 2.12. The monoisotopic (exact) mass is 307 g/mol. The second-order valence-electron chi connectivity index (χ2n) is 6.01. The molecule has 1 aliphatic rings. The van der Waals surface area contributed by atoms with Crippen LogP contribution in [0.1, 0.15) is 11.1 Å². The summed E-state index contributed by atoms with van der Waals surface area (Å²) in [4.78, 5) is 4.60. The summed E-state index contributed by atoms with van der Waals surface area (Å²) in [6, 6.07) is 6.55. The minimum Gasteiger partial charge on any atom is -0.496 e. The van der Waals surface area contributed by atoms with Gasteiger partial charge in [-0.1, -0.05) is 12.1 Å². The highest BCUT2D eigenvalue weighted by atomic mass is 16.5. The number of hydrogen-bond acceptors (Lipinski definition) is 5. The first-order valence-electron chi connectivity index (χ1n) is 8.00. The molecular weight excluding hydrogens is 278 g/mol. The topological polar surface area (TPSA) is 37.0 Å². The van der Waals surface area contributed by atoms with E-state index in [0.717, 1.165) is 58.2 Å². The zero-order chi connectivity index (χ0) is 15.8. The molecule has 0 atom stereocenters. The van der Waals surface area contributed by atoms with Gasteiger partial charge in [-0.3, -0.25) is 4.90 Å². The molecule has 1 N–H and O–H groups in total. The Kier molecular flexibility index (Phi) is 7.12. The summed E-state index contributed by atoms with van der Waals surface area (Å²) in [5.74, 6) is 0.975. The van der Waals surface area contributed by atoms with Crippen molar-refractivity contribution in [3.05, 3.63) is 29.3 Å². The van der Waals surface area contributed by atoms with Crippen LogP contribution in [0.15, 0.2) is 18.2 Å². The molecule has 0 spiro atoms. The fourth-order valence-electron chi connectivity index (χ4n) is 2.58. The Bertz CT molecular complexity index is 446. The molecule has 0 unspecified atom stereocenters. The normalized spacial score (nSPS) is 16.2. The van der Waals surface area contributed by atoms with E-state index in [0.29, 0.717) is 0 Å². The number of benzene rings is 1. The summed E-state index contributed by atoms with van der Waals surface area (Å²) in [6.07, 6.45) is 0. The number of methoxy groups -OCH3 is 1. The van der Waals surface area contributed by atoms with E-state index < -0.39 is 0 Å². The maximum atomic E-state index is 5.56.